The van der Waals surface area contributed by atoms with Gasteiger partial charge in [-0.3, -0.25) is 9.59 Å². The van der Waals surface area contributed by atoms with Crippen LogP contribution in [0.25, 0.3) is 0 Å². The molecular formula is C90H175NO5. The van der Waals surface area contributed by atoms with Crippen molar-refractivity contribution in [2.75, 3.05) is 13.2 Å². The van der Waals surface area contributed by atoms with Crippen molar-refractivity contribution in [1.29, 1.82) is 0 Å². The summed E-state index contributed by atoms with van der Waals surface area (Å²) in [5, 5.41) is 23.5. The van der Waals surface area contributed by atoms with E-state index in [0.717, 1.165) is 44.9 Å². The Labute approximate surface area is 602 Å². The number of esters is 1. The zero-order chi connectivity index (χ0) is 69.1. The third-order valence-electron chi connectivity index (χ3n) is 21.3. The third-order valence-corrected chi connectivity index (χ3v) is 21.3. The Kier molecular flexibility index (Phi) is 84.3. The van der Waals surface area contributed by atoms with Gasteiger partial charge in [0.25, 0.3) is 0 Å². The summed E-state index contributed by atoms with van der Waals surface area (Å²) in [5.41, 5.74) is 0. The minimum atomic E-state index is -0.661. The van der Waals surface area contributed by atoms with Gasteiger partial charge in [0.2, 0.25) is 5.91 Å². The second kappa shape index (κ2) is 85.8. The molecule has 570 valence electrons. The highest BCUT2D eigenvalue weighted by Gasteiger charge is 2.20. The zero-order valence-corrected chi connectivity index (χ0v) is 65.7. The molecule has 0 saturated carbocycles. The second-order valence-corrected chi connectivity index (χ2v) is 30.9. The monoisotopic (exact) mass is 1350 g/mol. The lowest BCUT2D eigenvalue weighted by molar-refractivity contribution is -0.143. The standard InChI is InChI=1S/C90H175NO5/c1-3-5-7-9-11-13-15-17-19-21-23-24-40-43-47-50-54-58-62-66-70-74-78-82-88(93)87(86-92)91-89(94)83-79-75-71-67-63-59-55-51-48-44-41-38-36-34-32-30-28-26-25-27-29-31-33-35-37-39-42-45-49-53-57-61-65-69-73-77-81-85-96-90(95)84-80-76-72-68-64-60-56-52-46-22-20-18-16-14-12-10-8-6-4-2/h12,14,18,20,87-88,92-93H,3-11,13,15-17,19,21-86H2,1-2H3,(H,91,94)/b14-12-,20-18-. The maximum atomic E-state index is 12.6. The number of ether oxygens (including phenoxy) is 1. The van der Waals surface area contributed by atoms with Crippen molar-refractivity contribution in [3.63, 3.8) is 0 Å². The molecule has 0 aromatic rings. The van der Waals surface area contributed by atoms with E-state index in [1.807, 2.05) is 0 Å². The van der Waals surface area contributed by atoms with Gasteiger partial charge in [0.05, 0.1) is 25.4 Å². The summed E-state index contributed by atoms with van der Waals surface area (Å²) in [4.78, 5) is 24.7. The molecule has 0 spiro atoms. The largest absolute Gasteiger partial charge is 0.466 e. The Hall–Kier alpha value is -1.66. The number of hydrogen-bond donors (Lipinski definition) is 3. The van der Waals surface area contributed by atoms with Crippen LogP contribution >= 0.6 is 0 Å². The first-order valence-corrected chi connectivity index (χ1v) is 44.6. The molecule has 6 nitrogen and oxygen atoms in total. The van der Waals surface area contributed by atoms with Crippen LogP contribution in [0.1, 0.15) is 515 Å². The Morgan fingerprint density at radius 1 is 0.292 bits per heavy atom. The van der Waals surface area contributed by atoms with E-state index in [1.54, 1.807) is 0 Å². The smallest absolute Gasteiger partial charge is 0.305 e. The predicted octanol–water partition coefficient (Wildman–Crippen LogP) is 29.9. The van der Waals surface area contributed by atoms with Gasteiger partial charge in [0, 0.05) is 12.8 Å². The lowest BCUT2D eigenvalue weighted by Crippen LogP contribution is -2.45. The normalized spacial score (nSPS) is 12.5. The Morgan fingerprint density at radius 2 is 0.521 bits per heavy atom. The molecular weight excluding hydrogens is 1170 g/mol. The SMILES string of the molecule is CCCCC/C=C\C/C=C\CCCCCCCCCCCC(=O)OCCCCCCCCCCCCCCCCCCCCCCCCCCCCCCCCCCCCCCCC(=O)NC(CO)C(O)CCCCCCCCCCCCCCCCCCCCCCCCC. The lowest BCUT2D eigenvalue weighted by atomic mass is 10.0. The number of rotatable bonds is 85. The number of nitrogens with one attached hydrogen (secondary N) is 1. The van der Waals surface area contributed by atoms with Gasteiger partial charge in [-0.1, -0.05) is 468 Å². The number of carbonyl (C=O) groups excluding carboxylic acids is 2. The molecule has 0 aliphatic heterocycles. The fourth-order valence-electron chi connectivity index (χ4n) is 14.5. The molecule has 0 aliphatic carbocycles. The first-order valence-electron chi connectivity index (χ1n) is 44.6. The topological polar surface area (TPSA) is 95.9 Å². The molecule has 1 amide bonds. The molecule has 0 fully saturated rings. The van der Waals surface area contributed by atoms with Gasteiger partial charge in [-0.2, -0.15) is 0 Å². The van der Waals surface area contributed by atoms with E-state index >= 15 is 0 Å². The van der Waals surface area contributed by atoms with E-state index in [-0.39, 0.29) is 18.5 Å². The molecule has 0 aliphatic rings. The lowest BCUT2D eigenvalue weighted by Gasteiger charge is -2.22. The van der Waals surface area contributed by atoms with Gasteiger partial charge in [0.1, 0.15) is 0 Å². The quantitative estimate of drug-likeness (QED) is 0.0320. The summed E-state index contributed by atoms with van der Waals surface area (Å²) in [6, 6.07) is -0.538. The number of allylic oxidation sites excluding steroid dienone is 4. The van der Waals surface area contributed by atoms with Crippen LogP contribution in [-0.4, -0.2) is 47.4 Å². The number of aliphatic hydroxyl groups is 2. The van der Waals surface area contributed by atoms with Crippen LogP contribution in [-0.2, 0) is 14.3 Å². The minimum absolute atomic E-state index is 0.0208. The van der Waals surface area contributed by atoms with Crippen LogP contribution in [0.2, 0.25) is 0 Å². The van der Waals surface area contributed by atoms with Gasteiger partial charge in [0.15, 0.2) is 0 Å². The van der Waals surface area contributed by atoms with Crippen LogP contribution in [0.5, 0.6) is 0 Å². The minimum Gasteiger partial charge on any atom is -0.466 e. The van der Waals surface area contributed by atoms with Gasteiger partial charge < -0.3 is 20.3 Å². The molecule has 0 heterocycles. The predicted molar refractivity (Wildman–Crippen MR) is 426 cm³/mol. The average molecular weight is 1350 g/mol. The Balaban J connectivity index is 3.30. The maximum absolute atomic E-state index is 12.6. The maximum Gasteiger partial charge on any atom is 0.305 e. The van der Waals surface area contributed by atoms with Crippen LogP contribution < -0.4 is 5.32 Å². The molecule has 0 aromatic heterocycles. The summed E-state index contributed by atoms with van der Waals surface area (Å²) in [6.45, 7) is 4.99. The molecule has 0 saturated heterocycles. The number of hydrogen-bond acceptors (Lipinski definition) is 5. The van der Waals surface area contributed by atoms with E-state index in [9.17, 15) is 19.8 Å². The van der Waals surface area contributed by atoms with Crippen molar-refractivity contribution in [2.45, 2.75) is 527 Å². The van der Waals surface area contributed by atoms with Crippen molar-refractivity contribution in [1.82, 2.24) is 5.32 Å². The van der Waals surface area contributed by atoms with Gasteiger partial charge in [-0.15, -0.1) is 0 Å². The molecule has 0 aromatic carbocycles. The molecule has 0 bridgehead atoms. The average Bonchev–Trinajstić information content (AvgIpc) is 3.69. The first kappa shape index (κ1) is 94.3. The fraction of sp³-hybridized carbons (Fsp3) is 0.933. The highest BCUT2D eigenvalue weighted by molar-refractivity contribution is 5.76. The van der Waals surface area contributed by atoms with Crippen molar-refractivity contribution >= 4 is 11.9 Å². The highest BCUT2D eigenvalue weighted by Crippen LogP contribution is 2.21. The van der Waals surface area contributed by atoms with Crippen LogP contribution in [0.3, 0.4) is 0 Å². The summed E-state index contributed by atoms with van der Waals surface area (Å²) in [6.07, 6.45) is 112. The molecule has 6 heteroatoms. The fourth-order valence-corrected chi connectivity index (χ4v) is 14.5. The summed E-state index contributed by atoms with van der Waals surface area (Å²) in [5.74, 6) is -0.00196. The van der Waals surface area contributed by atoms with Gasteiger partial charge >= 0.3 is 5.97 Å². The van der Waals surface area contributed by atoms with E-state index in [2.05, 4.69) is 43.5 Å². The third kappa shape index (κ3) is 81.3. The van der Waals surface area contributed by atoms with E-state index in [1.165, 1.54) is 437 Å². The molecule has 2 unspecified atom stereocenters. The Morgan fingerprint density at radius 3 is 0.812 bits per heavy atom. The van der Waals surface area contributed by atoms with Gasteiger partial charge in [-0.25, -0.2) is 0 Å². The van der Waals surface area contributed by atoms with E-state index in [0.29, 0.717) is 25.9 Å². The first-order chi connectivity index (χ1) is 47.5. The van der Waals surface area contributed by atoms with Crippen LogP contribution in [0, 0.1) is 0 Å². The van der Waals surface area contributed by atoms with Crippen molar-refractivity contribution in [2.24, 2.45) is 0 Å². The van der Waals surface area contributed by atoms with Crippen molar-refractivity contribution < 1.29 is 24.5 Å². The van der Waals surface area contributed by atoms with Crippen LogP contribution in [0.4, 0.5) is 0 Å². The number of carbonyl (C=O) groups is 2. The zero-order valence-electron chi connectivity index (χ0n) is 65.7. The number of aliphatic hydroxyl groups excluding tert-OH is 2. The summed E-state index contributed by atoms with van der Waals surface area (Å²) in [7, 11) is 0. The molecule has 0 radical (unpaired) electrons. The highest BCUT2D eigenvalue weighted by atomic mass is 16.5. The van der Waals surface area contributed by atoms with E-state index < -0.39 is 12.1 Å². The molecule has 2 atom stereocenters. The Bertz CT molecular complexity index is 1510. The summed E-state index contributed by atoms with van der Waals surface area (Å²) >= 11 is 0. The number of amides is 1. The van der Waals surface area contributed by atoms with Crippen LogP contribution in [0.15, 0.2) is 24.3 Å². The molecule has 96 heavy (non-hydrogen) atoms. The van der Waals surface area contributed by atoms with E-state index in [4.69, 9.17) is 4.74 Å². The van der Waals surface area contributed by atoms with Gasteiger partial charge in [-0.05, 0) is 57.8 Å². The number of unbranched alkanes of at least 4 members (excludes halogenated alkanes) is 70. The molecule has 3 N–H and O–H groups in total. The van der Waals surface area contributed by atoms with Crippen molar-refractivity contribution in [3.05, 3.63) is 24.3 Å². The summed E-state index contributed by atoms with van der Waals surface area (Å²) < 4.78 is 5.52. The molecule has 0 rings (SSSR count). The second-order valence-electron chi connectivity index (χ2n) is 30.9. The van der Waals surface area contributed by atoms with Crippen molar-refractivity contribution in [3.8, 4) is 0 Å².